The first-order valence-electron chi connectivity index (χ1n) is 26.5. The van der Waals surface area contributed by atoms with E-state index in [0.717, 1.165) is 32.1 Å². The van der Waals surface area contributed by atoms with E-state index in [9.17, 15) is 30.0 Å². The molecule has 0 bridgehead atoms. The van der Waals surface area contributed by atoms with Crippen LogP contribution in [0.2, 0.25) is 0 Å². The second-order valence-electron chi connectivity index (χ2n) is 18.4. The highest BCUT2D eigenvalue weighted by molar-refractivity contribution is 5.82. The van der Waals surface area contributed by atoms with Gasteiger partial charge < -0.3 is 39.4 Å². The molecule has 10 heteroatoms. The molecule has 63 heavy (non-hydrogen) atoms. The van der Waals surface area contributed by atoms with E-state index in [1.54, 1.807) is 6.08 Å². The third-order valence-electron chi connectivity index (χ3n) is 12.4. The molecule has 0 aliphatic carbocycles. The predicted octanol–water partition coefficient (Wildman–Crippen LogP) is 12.5. The van der Waals surface area contributed by atoms with E-state index in [0.29, 0.717) is 0 Å². The van der Waals surface area contributed by atoms with Gasteiger partial charge in [0.05, 0.1) is 13.2 Å². The summed E-state index contributed by atoms with van der Waals surface area (Å²) in [5, 5.41) is 40.1. The van der Waals surface area contributed by atoms with Gasteiger partial charge in [0.25, 0.3) is 0 Å². The first-order valence-corrected chi connectivity index (χ1v) is 26.5. The predicted molar refractivity (Wildman–Crippen MR) is 256 cm³/mol. The summed E-state index contributed by atoms with van der Waals surface area (Å²) in [6.07, 6.45) is 44.0. The standard InChI is InChI=1S/C53H98O10/c1-3-5-7-9-11-13-15-17-19-20-21-22-23-24-25-26-28-29-31-33-35-37-39-41-48(55)60-44-46(45-61-53-52(59)51(58)50(57)47(43-54)63-53)62-49(56)42-40-38-36-34-32-30-27-18-16-14-12-10-8-6-4-2/h36,38,40,42,46-47,50-54,57-59H,3-35,37,39,41,43-45H2,1-2H3/b38-36+,42-40+/t46-,47-,50+,51?,52?,53-/m0/s1. The zero-order valence-corrected chi connectivity index (χ0v) is 40.6. The SMILES string of the molecule is CCCCCCCCCCCCC/C=C/C=C/C(=O)O[C@@H](COC(=O)CCCCCCCCCCCCCCCCCCCCCCCCC)CO[C@H]1O[C@@H](CO)[C@@H](O)C(O)C1O. The molecule has 0 saturated carbocycles. The number of hydrogen-bond donors (Lipinski definition) is 4. The van der Waals surface area contributed by atoms with Crippen LogP contribution in [0.1, 0.15) is 245 Å². The number of allylic oxidation sites excluding steroid dienone is 3. The summed E-state index contributed by atoms with van der Waals surface area (Å²) in [4.78, 5) is 25.3. The van der Waals surface area contributed by atoms with Crippen LogP contribution >= 0.6 is 0 Å². The van der Waals surface area contributed by atoms with Crippen LogP contribution in [0.15, 0.2) is 24.3 Å². The Labute approximate surface area is 385 Å². The lowest BCUT2D eigenvalue weighted by Crippen LogP contribution is -2.59. The molecule has 0 spiro atoms. The van der Waals surface area contributed by atoms with Crippen molar-refractivity contribution < 1.29 is 49.0 Å². The molecule has 0 aromatic heterocycles. The fourth-order valence-electron chi connectivity index (χ4n) is 8.28. The molecular weight excluding hydrogens is 797 g/mol. The number of carbonyl (C=O) groups excluding carboxylic acids is 2. The smallest absolute Gasteiger partial charge is 0.331 e. The fourth-order valence-corrected chi connectivity index (χ4v) is 8.28. The molecule has 0 aromatic carbocycles. The second-order valence-corrected chi connectivity index (χ2v) is 18.4. The quantitative estimate of drug-likeness (QED) is 0.0201. The van der Waals surface area contributed by atoms with Gasteiger partial charge in [0, 0.05) is 12.5 Å². The lowest BCUT2D eigenvalue weighted by atomic mass is 9.99. The van der Waals surface area contributed by atoms with E-state index in [4.69, 9.17) is 18.9 Å². The fraction of sp³-hybridized carbons (Fsp3) is 0.887. The van der Waals surface area contributed by atoms with Gasteiger partial charge in [0.15, 0.2) is 12.4 Å². The van der Waals surface area contributed by atoms with Crippen molar-refractivity contribution in [1.82, 2.24) is 0 Å². The number of ether oxygens (including phenoxy) is 4. The van der Waals surface area contributed by atoms with Gasteiger partial charge in [-0.25, -0.2) is 4.79 Å². The molecule has 0 radical (unpaired) electrons. The minimum absolute atomic E-state index is 0.260. The summed E-state index contributed by atoms with van der Waals surface area (Å²) in [6, 6.07) is 0. The Morgan fingerprint density at radius 1 is 0.524 bits per heavy atom. The average Bonchev–Trinajstić information content (AvgIpc) is 3.28. The molecule has 1 fully saturated rings. The Bertz CT molecular complexity index is 1080. The van der Waals surface area contributed by atoms with Crippen LogP contribution in [0.4, 0.5) is 0 Å². The maximum absolute atomic E-state index is 12.7. The Balaban J connectivity index is 2.24. The van der Waals surface area contributed by atoms with Crippen LogP contribution in [0, 0.1) is 0 Å². The molecule has 4 N–H and O–H groups in total. The van der Waals surface area contributed by atoms with Crippen LogP contribution in [0.3, 0.4) is 0 Å². The molecule has 370 valence electrons. The van der Waals surface area contributed by atoms with Crippen LogP contribution in [0.25, 0.3) is 0 Å². The lowest BCUT2D eigenvalue weighted by Gasteiger charge is -2.39. The zero-order valence-electron chi connectivity index (χ0n) is 40.6. The second kappa shape index (κ2) is 44.0. The largest absolute Gasteiger partial charge is 0.462 e. The van der Waals surface area contributed by atoms with Crippen molar-refractivity contribution in [2.75, 3.05) is 19.8 Å². The minimum atomic E-state index is -1.61. The van der Waals surface area contributed by atoms with Crippen molar-refractivity contribution in [3.05, 3.63) is 24.3 Å². The molecule has 1 aliphatic rings. The molecule has 0 aromatic rings. The lowest BCUT2D eigenvalue weighted by molar-refractivity contribution is -0.305. The summed E-state index contributed by atoms with van der Waals surface area (Å²) in [6.45, 7) is 3.36. The normalized spacial score (nSPS) is 19.6. The molecule has 1 heterocycles. The van der Waals surface area contributed by atoms with Gasteiger partial charge in [-0.3, -0.25) is 4.79 Å². The molecule has 1 aliphatic heterocycles. The molecular formula is C53H98O10. The van der Waals surface area contributed by atoms with Crippen LogP contribution in [-0.4, -0.2) is 89.0 Å². The molecule has 1 rings (SSSR count). The van der Waals surface area contributed by atoms with Crippen molar-refractivity contribution in [3.63, 3.8) is 0 Å². The first kappa shape index (κ1) is 59.2. The van der Waals surface area contributed by atoms with Crippen molar-refractivity contribution in [3.8, 4) is 0 Å². The van der Waals surface area contributed by atoms with E-state index in [1.807, 2.05) is 12.2 Å². The third kappa shape index (κ3) is 35.1. The number of rotatable bonds is 45. The molecule has 6 atom stereocenters. The van der Waals surface area contributed by atoms with E-state index < -0.39 is 55.4 Å². The topological polar surface area (TPSA) is 152 Å². The van der Waals surface area contributed by atoms with Crippen molar-refractivity contribution in [1.29, 1.82) is 0 Å². The molecule has 10 nitrogen and oxygen atoms in total. The Morgan fingerprint density at radius 2 is 0.937 bits per heavy atom. The number of unbranched alkanes of at least 4 members (excludes halogenated alkanes) is 33. The highest BCUT2D eigenvalue weighted by atomic mass is 16.7. The first-order chi connectivity index (χ1) is 30.8. The highest BCUT2D eigenvalue weighted by Gasteiger charge is 2.44. The van der Waals surface area contributed by atoms with E-state index >= 15 is 0 Å². The summed E-state index contributed by atoms with van der Waals surface area (Å²) in [5.74, 6) is -1.05. The summed E-state index contributed by atoms with van der Waals surface area (Å²) >= 11 is 0. The van der Waals surface area contributed by atoms with Gasteiger partial charge in [0.2, 0.25) is 0 Å². The van der Waals surface area contributed by atoms with Gasteiger partial charge in [-0.05, 0) is 19.3 Å². The van der Waals surface area contributed by atoms with Gasteiger partial charge in [-0.1, -0.05) is 238 Å². The number of aliphatic hydroxyl groups excluding tert-OH is 4. The summed E-state index contributed by atoms with van der Waals surface area (Å²) in [5.41, 5.74) is 0. The maximum atomic E-state index is 12.7. The summed E-state index contributed by atoms with van der Waals surface area (Å²) in [7, 11) is 0. The number of carbonyl (C=O) groups is 2. The van der Waals surface area contributed by atoms with Crippen LogP contribution in [-0.2, 0) is 28.5 Å². The monoisotopic (exact) mass is 895 g/mol. The number of esters is 2. The summed E-state index contributed by atoms with van der Waals surface area (Å²) < 4.78 is 22.1. The average molecular weight is 895 g/mol. The molecule has 2 unspecified atom stereocenters. The van der Waals surface area contributed by atoms with Gasteiger partial charge in [-0.15, -0.1) is 0 Å². The van der Waals surface area contributed by atoms with Crippen molar-refractivity contribution in [2.24, 2.45) is 0 Å². The Hall–Kier alpha value is -1.82. The molecule has 0 amide bonds. The Kier molecular flexibility index (Phi) is 41.4. The number of aliphatic hydroxyl groups is 4. The minimum Gasteiger partial charge on any atom is -0.462 e. The van der Waals surface area contributed by atoms with Crippen LogP contribution in [0.5, 0.6) is 0 Å². The maximum Gasteiger partial charge on any atom is 0.331 e. The van der Waals surface area contributed by atoms with Crippen molar-refractivity contribution in [2.45, 2.75) is 282 Å². The highest BCUT2D eigenvalue weighted by Crippen LogP contribution is 2.23. The zero-order chi connectivity index (χ0) is 45.9. The number of hydrogen-bond acceptors (Lipinski definition) is 10. The van der Waals surface area contributed by atoms with Gasteiger partial charge in [0.1, 0.15) is 31.0 Å². The van der Waals surface area contributed by atoms with Crippen LogP contribution < -0.4 is 0 Å². The van der Waals surface area contributed by atoms with Gasteiger partial charge >= 0.3 is 11.9 Å². The van der Waals surface area contributed by atoms with E-state index in [1.165, 1.54) is 199 Å². The van der Waals surface area contributed by atoms with E-state index in [2.05, 4.69) is 13.8 Å². The Morgan fingerprint density at radius 3 is 1.37 bits per heavy atom. The van der Waals surface area contributed by atoms with E-state index in [-0.39, 0.29) is 19.6 Å². The third-order valence-corrected chi connectivity index (χ3v) is 12.4. The molecule has 1 saturated heterocycles. The van der Waals surface area contributed by atoms with Gasteiger partial charge in [-0.2, -0.15) is 0 Å². The van der Waals surface area contributed by atoms with Crippen molar-refractivity contribution >= 4 is 11.9 Å².